The fraction of sp³-hybridized carbons (Fsp3) is 0.400. The Kier molecular flexibility index (Phi) is 8.78. The van der Waals surface area contributed by atoms with Crippen molar-refractivity contribution in [2.45, 2.75) is 0 Å². The second-order valence-corrected chi connectivity index (χ2v) is 3.96. The molecule has 0 bridgehead atoms. The molecular weight excluding hydrogens is 332 g/mol. The lowest BCUT2D eigenvalue weighted by Crippen LogP contribution is -2.14. The van der Waals surface area contributed by atoms with Crippen molar-refractivity contribution >= 4 is 41.9 Å². The van der Waals surface area contributed by atoms with Crippen LogP contribution in [0.3, 0.4) is 0 Å². The summed E-state index contributed by atoms with van der Waals surface area (Å²) in [5, 5.41) is 7.75. The van der Waals surface area contributed by atoms with Gasteiger partial charge in [-0.1, -0.05) is 16.7 Å². The summed E-state index contributed by atoms with van der Waals surface area (Å²) in [6.45, 7) is 0.842. The number of nitrogens with zero attached hydrogens (tertiary/aromatic N) is 5. The molecule has 0 aliphatic heterocycles. The van der Waals surface area contributed by atoms with Crippen molar-refractivity contribution in [2.75, 3.05) is 42.5 Å². The minimum Gasteiger partial charge on any atom is -0.379 e. The molecule has 1 rings (SSSR count). The number of anilines is 3. The van der Waals surface area contributed by atoms with Crippen LogP contribution in [-0.2, 0) is 19.2 Å². The van der Waals surface area contributed by atoms with Crippen molar-refractivity contribution in [2.24, 2.45) is 5.11 Å². The molecule has 1 heterocycles. The first-order chi connectivity index (χ1) is 11.2. The summed E-state index contributed by atoms with van der Waals surface area (Å²) >= 11 is 5.87. The van der Waals surface area contributed by atoms with E-state index in [0.717, 1.165) is 0 Å². The molecule has 0 unspecified atom stereocenters. The predicted octanol–water partition coefficient (Wildman–Crippen LogP) is 0.937. The van der Waals surface area contributed by atoms with E-state index < -0.39 is 0 Å². The molecule has 0 aliphatic rings. The second-order valence-electron chi connectivity index (χ2n) is 3.60. The summed E-state index contributed by atoms with van der Waals surface area (Å²) in [7, 11) is 0. The Hall–Kier alpha value is -2.66. The minimum absolute atomic E-state index is 0.0514. The second kappa shape index (κ2) is 11.0. The lowest BCUT2D eigenvalue weighted by Gasteiger charge is -2.12. The molecule has 2 amide bonds. The van der Waals surface area contributed by atoms with Gasteiger partial charge < -0.3 is 10.1 Å². The van der Waals surface area contributed by atoms with Crippen LogP contribution in [-0.4, -0.2) is 49.2 Å². The highest BCUT2D eigenvalue weighted by atomic mass is 35.5. The number of aromatic nitrogens is 2. The van der Waals surface area contributed by atoms with Crippen LogP contribution in [0.4, 0.5) is 17.5 Å². The molecule has 0 saturated heterocycles. The molecule has 0 spiro atoms. The van der Waals surface area contributed by atoms with E-state index in [0.29, 0.717) is 12.8 Å². The zero-order valence-corrected chi connectivity index (χ0v) is 12.5. The van der Waals surface area contributed by atoms with Gasteiger partial charge in [-0.3, -0.25) is 19.7 Å². The van der Waals surface area contributed by atoms with E-state index >= 15 is 0 Å². The smallest absolute Gasteiger partial charge is 0.232 e. The number of azide groups is 1. The first-order valence-electron chi connectivity index (χ1n) is 6.17. The first kappa shape index (κ1) is 18.4. The van der Waals surface area contributed by atoms with Gasteiger partial charge >= 0.3 is 0 Å². The highest BCUT2D eigenvalue weighted by Crippen LogP contribution is 2.28. The van der Waals surface area contributed by atoms with Crippen LogP contribution in [0.2, 0.25) is 5.15 Å². The van der Waals surface area contributed by atoms with Crippen molar-refractivity contribution in [1.29, 1.82) is 0 Å². The molecule has 13 heteroatoms. The van der Waals surface area contributed by atoms with E-state index in [2.05, 4.69) is 36.1 Å². The maximum Gasteiger partial charge on any atom is 0.232 e. The molecule has 0 aromatic carbocycles. The zero-order valence-electron chi connectivity index (χ0n) is 11.7. The number of amides is 2. The molecule has 0 radical (unpaired) electrons. The summed E-state index contributed by atoms with van der Waals surface area (Å²) in [5.74, 6) is -0.0197. The van der Waals surface area contributed by atoms with Crippen molar-refractivity contribution in [3.63, 3.8) is 0 Å². The van der Waals surface area contributed by atoms with Gasteiger partial charge in [-0.05, 0) is 5.53 Å². The van der Waals surface area contributed by atoms with Crippen LogP contribution in [0.15, 0.2) is 5.11 Å². The number of rotatable bonds is 12. The van der Waals surface area contributed by atoms with Gasteiger partial charge in [0.2, 0.25) is 18.8 Å². The summed E-state index contributed by atoms with van der Waals surface area (Å²) in [4.78, 5) is 36.3. The molecule has 1 aromatic heterocycles. The molecule has 12 nitrogen and oxygen atoms in total. The number of carbonyl (C=O) groups excluding carboxylic acids is 2. The third kappa shape index (κ3) is 6.76. The van der Waals surface area contributed by atoms with Crippen molar-refractivity contribution in [3.8, 4) is 0 Å². The lowest BCUT2D eigenvalue weighted by molar-refractivity contribution is -0.106. The molecule has 0 atom stereocenters. The molecule has 124 valence electrons. The minimum atomic E-state index is -0.0897. The van der Waals surface area contributed by atoms with Crippen LogP contribution in [0.1, 0.15) is 0 Å². The monoisotopic (exact) mass is 344 g/mol. The Morgan fingerprint density at radius 2 is 2.00 bits per heavy atom. The number of carbonyl (C=O) groups is 2. The van der Waals surface area contributed by atoms with E-state index in [-0.39, 0.29) is 49.0 Å². The average Bonchev–Trinajstić information content (AvgIpc) is 2.53. The standard InChI is InChI=1S/C10H13ClN8O4/c11-8-7(13-5-20)9(17-10(16-8)14-6-21)18-23-4-3-22-2-1-15-19-12/h5-6H,1-4H2,(H,13,20)(H2,14,16,17,18,21). The molecule has 0 aliphatic carbocycles. The highest BCUT2D eigenvalue weighted by Gasteiger charge is 2.13. The molecule has 3 N–H and O–H groups in total. The van der Waals surface area contributed by atoms with E-state index in [9.17, 15) is 9.59 Å². The van der Waals surface area contributed by atoms with Gasteiger partial charge in [0, 0.05) is 11.5 Å². The number of halogens is 1. The van der Waals surface area contributed by atoms with Gasteiger partial charge in [-0.15, -0.1) is 0 Å². The number of hydrogen-bond acceptors (Lipinski definition) is 8. The quantitative estimate of drug-likeness (QED) is 0.0965. The van der Waals surface area contributed by atoms with Crippen LogP contribution in [0, 0.1) is 0 Å². The largest absolute Gasteiger partial charge is 0.379 e. The van der Waals surface area contributed by atoms with Crippen LogP contribution >= 0.6 is 11.6 Å². The maximum absolute atomic E-state index is 10.6. The van der Waals surface area contributed by atoms with Gasteiger partial charge in [0.1, 0.15) is 5.69 Å². The average molecular weight is 345 g/mol. The van der Waals surface area contributed by atoms with Crippen molar-refractivity contribution in [3.05, 3.63) is 15.6 Å². The molecule has 1 aromatic rings. The fourth-order valence-electron chi connectivity index (χ4n) is 1.28. The van der Waals surface area contributed by atoms with Gasteiger partial charge in [-0.25, -0.2) is 5.48 Å². The Labute approximate surface area is 135 Å². The third-order valence-electron chi connectivity index (χ3n) is 2.15. The van der Waals surface area contributed by atoms with Crippen LogP contribution < -0.4 is 16.1 Å². The summed E-state index contributed by atoms with van der Waals surface area (Å²) in [5.41, 5.74) is 10.6. The Morgan fingerprint density at radius 1 is 1.22 bits per heavy atom. The third-order valence-corrected chi connectivity index (χ3v) is 2.43. The normalized spacial score (nSPS) is 9.61. The first-order valence-corrected chi connectivity index (χ1v) is 6.55. The Bertz CT molecular complexity index is 580. The molecule has 23 heavy (non-hydrogen) atoms. The van der Waals surface area contributed by atoms with Gasteiger partial charge in [-0.2, -0.15) is 9.97 Å². The SMILES string of the molecule is [N-]=[N+]=NCCOCCONc1nc(NC=O)nc(Cl)c1NC=O. The predicted molar refractivity (Wildman–Crippen MR) is 80.8 cm³/mol. The summed E-state index contributed by atoms with van der Waals surface area (Å²) in [6.07, 6.45) is 0.766. The van der Waals surface area contributed by atoms with E-state index in [1.54, 1.807) is 0 Å². The topological polar surface area (TPSA) is 163 Å². The highest BCUT2D eigenvalue weighted by molar-refractivity contribution is 6.33. The molecule has 0 fully saturated rings. The van der Waals surface area contributed by atoms with E-state index in [1.165, 1.54) is 0 Å². The van der Waals surface area contributed by atoms with Gasteiger partial charge in [0.15, 0.2) is 11.0 Å². The number of hydrogen-bond donors (Lipinski definition) is 3. The Morgan fingerprint density at radius 3 is 2.70 bits per heavy atom. The maximum atomic E-state index is 10.6. The van der Waals surface area contributed by atoms with Gasteiger partial charge in [0.05, 0.1) is 19.8 Å². The van der Waals surface area contributed by atoms with Crippen molar-refractivity contribution in [1.82, 2.24) is 9.97 Å². The van der Waals surface area contributed by atoms with E-state index in [4.69, 9.17) is 26.7 Å². The van der Waals surface area contributed by atoms with Gasteiger partial charge in [0.25, 0.3) is 0 Å². The van der Waals surface area contributed by atoms with E-state index in [1.807, 2.05) is 0 Å². The number of ether oxygens (including phenoxy) is 1. The summed E-state index contributed by atoms with van der Waals surface area (Å²) < 4.78 is 5.12. The molecular formula is C10H13ClN8O4. The zero-order chi connectivity index (χ0) is 16.9. The van der Waals surface area contributed by atoms with Crippen molar-refractivity contribution < 1.29 is 19.2 Å². The Balaban J connectivity index is 2.54. The van der Waals surface area contributed by atoms with Crippen LogP contribution in [0.5, 0.6) is 0 Å². The summed E-state index contributed by atoms with van der Waals surface area (Å²) in [6, 6.07) is 0. The fourth-order valence-corrected chi connectivity index (χ4v) is 1.51. The lowest BCUT2D eigenvalue weighted by atomic mass is 10.5. The number of nitrogens with one attached hydrogen (secondary N) is 3. The van der Waals surface area contributed by atoms with Crippen LogP contribution in [0.25, 0.3) is 10.4 Å². The molecule has 0 saturated carbocycles.